The lowest BCUT2D eigenvalue weighted by Gasteiger charge is -2.19. The summed E-state index contributed by atoms with van der Waals surface area (Å²) in [4.78, 5) is 0. The Morgan fingerprint density at radius 2 is 1.06 bits per heavy atom. The van der Waals surface area contributed by atoms with Gasteiger partial charge >= 0.3 is 17.5 Å². The highest BCUT2D eigenvalue weighted by Crippen LogP contribution is 2.46. The van der Waals surface area contributed by atoms with Crippen molar-refractivity contribution in [1.29, 1.82) is 0 Å². The molecule has 11 heteroatoms. The molecule has 0 fully saturated rings. The molecule has 0 nitrogen and oxygen atoms in total. The SMILES string of the molecule is F.F/C(=C(/F)C(F)(F)C(F)(F)Cl)C(F)(F)F. The Morgan fingerprint density at radius 3 is 1.25 bits per heavy atom. The minimum atomic E-state index is -6.13. The third kappa shape index (κ3) is 3.42. The smallest absolute Gasteiger partial charge is 0.269 e. The zero-order valence-electron chi connectivity index (χ0n) is 6.69. The van der Waals surface area contributed by atoms with Crippen LogP contribution in [0.2, 0.25) is 0 Å². The van der Waals surface area contributed by atoms with Crippen LogP contribution in [0.1, 0.15) is 0 Å². The van der Waals surface area contributed by atoms with E-state index in [2.05, 4.69) is 11.6 Å². The van der Waals surface area contributed by atoms with E-state index in [1.807, 2.05) is 0 Å². The summed E-state index contributed by atoms with van der Waals surface area (Å²) in [6, 6.07) is 0. The number of halogens is 11. The molecule has 0 heterocycles. The minimum Gasteiger partial charge on any atom is -0.269 e. The Morgan fingerprint density at radius 1 is 0.750 bits per heavy atom. The molecule has 0 bridgehead atoms. The molecule has 0 amide bonds. The molecule has 0 radical (unpaired) electrons. The molecule has 0 spiro atoms. The van der Waals surface area contributed by atoms with Gasteiger partial charge in [0.05, 0.1) is 0 Å². The quantitative estimate of drug-likeness (QED) is 0.524. The van der Waals surface area contributed by atoms with Crippen molar-refractivity contribution in [3.8, 4) is 0 Å². The highest BCUT2D eigenvalue weighted by atomic mass is 35.5. The number of rotatable bonds is 2. The molecule has 98 valence electrons. The third-order valence-electron chi connectivity index (χ3n) is 1.07. The van der Waals surface area contributed by atoms with Gasteiger partial charge in [-0.3, -0.25) is 4.70 Å². The average Bonchev–Trinajstić information content (AvgIpc) is 1.97. The van der Waals surface area contributed by atoms with E-state index in [4.69, 9.17) is 0 Å². The highest BCUT2D eigenvalue weighted by Gasteiger charge is 2.62. The maximum Gasteiger partial charge on any atom is 0.445 e. The van der Waals surface area contributed by atoms with E-state index in [0.29, 0.717) is 0 Å². The molecule has 0 aliphatic carbocycles. The molecule has 0 aliphatic rings. The van der Waals surface area contributed by atoms with E-state index in [0.717, 1.165) is 0 Å². The standard InChI is InChI=1S/C5ClF9.FH/c6-5(14,15)3(9,10)1(7)2(8)4(11,12)13;/h;1H/b2-1+;. The van der Waals surface area contributed by atoms with Gasteiger partial charge in [-0.2, -0.15) is 35.1 Å². The Balaban J connectivity index is 0. The summed E-state index contributed by atoms with van der Waals surface area (Å²) in [5, 5.41) is -5.67. The maximum atomic E-state index is 12.1. The van der Waals surface area contributed by atoms with E-state index in [1.54, 1.807) is 0 Å². The Labute approximate surface area is 86.0 Å². The maximum absolute atomic E-state index is 12.1. The molecule has 0 rings (SSSR count). The van der Waals surface area contributed by atoms with Crippen molar-refractivity contribution < 1.29 is 44.2 Å². The minimum absolute atomic E-state index is 0. The van der Waals surface area contributed by atoms with E-state index in [9.17, 15) is 39.5 Å². The molecule has 16 heavy (non-hydrogen) atoms. The van der Waals surface area contributed by atoms with Crippen LogP contribution in [-0.2, 0) is 0 Å². The summed E-state index contributed by atoms with van der Waals surface area (Å²) in [6.07, 6.45) is -6.13. The van der Waals surface area contributed by atoms with Gasteiger partial charge in [0.15, 0.2) is 0 Å². The molecular weight excluding hydrogens is 285 g/mol. The second kappa shape index (κ2) is 4.68. The van der Waals surface area contributed by atoms with Gasteiger partial charge in [0.25, 0.3) is 0 Å². The lowest BCUT2D eigenvalue weighted by atomic mass is 10.2. The molecule has 0 N–H and O–H groups in total. The van der Waals surface area contributed by atoms with Crippen LogP contribution in [-0.4, -0.2) is 17.5 Å². The fourth-order valence-corrected chi connectivity index (χ4v) is 0.470. The zero-order chi connectivity index (χ0) is 12.7. The van der Waals surface area contributed by atoms with Crippen LogP contribution in [0.3, 0.4) is 0 Å². The molecule has 0 aromatic heterocycles. The van der Waals surface area contributed by atoms with Crippen molar-refractivity contribution in [3.05, 3.63) is 11.7 Å². The average molecular weight is 286 g/mol. The van der Waals surface area contributed by atoms with E-state index >= 15 is 0 Å². The second-order valence-corrected chi connectivity index (χ2v) is 2.67. The first-order chi connectivity index (χ1) is 6.32. The first-order valence-corrected chi connectivity index (χ1v) is 3.27. The van der Waals surface area contributed by atoms with Crippen molar-refractivity contribution in [1.82, 2.24) is 0 Å². The highest BCUT2D eigenvalue weighted by molar-refractivity contribution is 6.22. The summed E-state index contributed by atoms with van der Waals surface area (Å²) >= 11 is 3.62. The molecule has 0 aliphatic heterocycles. The summed E-state index contributed by atoms with van der Waals surface area (Å²) in [5.74, 6) is -14.0. The first-order valence-electron chi connectivity index (χ1n) is 2.89. The lowest BCUT2D eigenvalue weighted by molar-refractivity contribution is -0.155. The van der Waals surface area contributed by atoms with Gasteiger partial charge < -0.3 is 0 Å². The van der Waals surface area contributed by atoms with Crippen molar-refractivity contribution in [2.75, 3.05) is 0 Å². The molecule has 0 atom stereocenters. The van der Waals surface area contributed by atoms with Crippen LogP contribution in [0, 0.1) is 0 Å². The Hall–Kier alpha value is -0.670. The fraction of sp³-hybridized carbons (Fsp3) is 0.600. The third-order valence-corrected chi connectivity index (χ3v) is 1.31. The van der Waals surface area contributed by atoms with Crippen LogP contribution in [0.4, 0.5) is 44.2 Å². The molecule has 0 aromatic carbocycles. The first kappa shape index (κ1) is 17.7. The van der Waals surface area contributed by atoms with E-state index in [-0.39, 0.29) is 4.70 Å². The molecular formula is C5HClF10. The monoisotopic (exact) mass is 286 g/mol. The van der Waals surface area contributed by atoms with Crippen LogP contribution in [0.15, 0.2) is 11.7 Å². The normalized spacial score (nSPS) is 15.4. The molecule has 0 unspecified atom stereocenters. The largest absolute Gasteiger partial charge is 0.445 e. The van der Waals surface area contributed by atoms with Gasteiger partial charge in [0, 0.05) is 0 Å². The van der Waals surface area contributed by atoms with Gasteiger partial charge in [-0.15, -0.1) is 0 Å². The number of hydrogen-bond donors (Lipinski definition) is 0. The summed E-state index contributed by atoms with van der Waals surface area (Å²) in [5.41, 5.74) is 0. The van der Waals surface area contributed by atoms with E-state index < -0.39 is 29.1 Å². The Kier molecular flexibility index (Phi) is 5.18. The van der Waals surface area contributed by atoms with Crippen molar-refractivity contribution >= 4 is 11.6 Å². The molecule has 0 saturated carbocycles. The van der Waals surface area contributed by atoms with Gasteiger partial charge in [-0.1, -0.05) is 0 Å². The van der Waals surface area contributed by atoms with Gasteiger partial charge in [-0.25, -0.2) is 4.39 Å². The summed E-state index contributed by atoms with van der Waals surface area (Å²) in [7, 11) is 0. The predicted octanol–water partition coefficient (Wildman–Crippen LogP) is 4.32. The summed E-state index contributed by atoms with van der Waals surface area (Å²) in [6.45, 7) is 0. The molecule has 0 saturated heterocycles. The molecule has 0 aromatic rings. The number of alkyl halides is 8. The fourth-order valence-electron chi connectivity index (χ4n) is 0.387. The van der Waals surface area contributed by atoms with Gasteiger partial charge in [0.2, 0.25) is 11.7 Å². The topological polar surface area (TPSA) is 0 Å². The van der Waals surface area contributed by atoms with Crippen molar-refractivity contribution in [2.45, 2.75) is 17.5 Å². The predicted molar refractivity (Wildman–Crippen MR) is 33.5 cm³/mol. The lowest BCUT2D eigenvalue weighted by Crippen LogP contribution is -2.37. The zero-order valence-corrected chi connectivity index (χ0v) is 7.44. The van der Waals surface area contributed by atoms with Crippen molar-refractivity contribution in [3.63, 3.8) is 0 Å². The second-order valence-electron chi connectivity index (χ2n) is 2.20. The van der Waals surface area contributed by atoms with Crippen LogP contribution in [0.5, 0.6) is 0 Å². The van der Waals surface area contributed by atoms with E-state index in [1.165, 1.54) is 0 Å². The van der Waals surface area contributed by atoms with Crippen molar-refractivity contribution in [2.24, 2.45) is 0 Å². The summed E-state index contributed by atoms with van der Waals surface area (Å²) < 4.78 is 105. The van der Waals surface area contributed by atoms with Gasteiger partial charge in [0.1, 0.15) is 0 Å². The Bertz CT molecular complexity index is 270. The number of allylic oxidation sites excluding steroid dienone is 2. The number of hydrogen-bond acceptors (Lipinski definition) is 0. The van der Waals surface area contributed by atoms with Crippen LogP contribution < -0.4 is 0 Å². The van der Waals surface area contributed by atoms with Crippen LogP contribution in [0.25, 0.3) is 0 Å². The van der Waals surface area contributed by atoms with Gasteiger partial charge in [-0.05, 0) is 11.6 Å². The van der Waals surface area contributed by atoms with Crippen LogP contribution >= 0.6 is 11.6 Å².